The van der Waals surface area contributed by atoms with Gasteiger partial charge in [-0.05, 0) is 55.0 Å². The average Bonchev–Trinajstić information content (AvgIpc) is 2.72. The first-order chi connectivity index (χ1) is 12.8. The van der Waals surface area contributed by atoms with E-state index in [9.17, 15) is 0 Å². The zero-order valence-corrected chi connectivity index (χ0v) is 16.0. The van der Waals surface area contributed by atoms with Crippen LogP contribution >= 0.6 is 0 Å². The first kappa shape index (κ1) is 17.5. The second-order valence-electron chi connectivity index (χ2n) is 7.93. The van der Waals surface area contributed by atoms with E-state index in [1.54, 1.807) is 0 Å². The van der Waals surface area contributed by atoms with Crippen LogP contribution in [0, 0.1) is 6.92 Å². The number of nitrogens with zero attached hydrogens (tertiary/aromatic N) is 1. The Morgan fingerprint density at radius 3 is 2.15 bits per heavy atom. The topological polar surface area (TPSA) is 23.3 Å². The number of hydrogen-bond acceptors (Lipinski definition) is 1. The number of hydrogen-bond donors (Lipinski definition) is 0. The quantitative estimate of drug-likeness (QED) is 0.442. The van der Waals surface area contributed by atoms with Gasteiger partial charge in [-0.15, -0.1) is 0 Å². The van der Waals surface area contributed by atoms with Gasteiger partial charge >= 0.3 is 0 Å². The zero-order valence-electron chi connectivity index (χ0n) is 16.0. The average molecular weight is 349 g/mol. The summed E-state index contributed by atoms with van der Waals surface area (Å²) in [6, 6.07) is 12.4. The fourth-order valence-electron chi connectivity index (χ4n) is 4.55. The molecule has 0 spiro atoms. The summed E-state index contributed by atoms with van der Waals surface area (Å²) in [7, 11) is 0. The van der Waals surface area contributed by atoms with Gasteiger partial charge in [0.1, 0.15) is 11.4 Å². The van der Waals surface area contributed by atoms with E-state index in [-0.39, 0.29) is 0 Å². The number of benzene rings is 2. The van der Waals surface area contributed by atoms with Gasteiger partial charge < -0.3 is 4.74 Å². The molecule has 137 valence electrons. The molecule has 1 aliphatic heterocycles. The Hall–Kier alpha value is -1.96. The van der Waals surface area contributed by atoms with Gasteiger partial charge in [0.05, 0.1) is 0 Å². The zero-order chi connectivity index (χ0) is 17.8. The van der Waals surface area contributed by atoms with Crippen molar-refractivity contribution < 1.29 is 4.74 Å². The first-order valence-electron chi connectivity index (χ1n) is 10.4. The molecule has 2 aromatic rings. The summed E-state index contributed by atoms with van der Waals surface area (Å²) < 4.78 is 6.19. The lowest BCUT2D eigenvalue weighted by Crippen LogP contribution is -2.10. The van der Waals surface area contributed by atoms with E-state index in [0.29, 0.717) is 5.92 Å². The molecule has 1 aliphatic carbocycles. The Balaban J connectivity index is 1.65. The summed E-state index contributed by atoms with van der Waals surface area (Å²) >= 11 is 0. The second-order valence-corrected chi connectivity index (χ2v) is 7.93. The Bertz CT molecular complexity index is 740. The third-order valence-corrected chi connectivity index (χ3v) is 5.98. The Morgan fingerprint density at radius 2 is 1.42 bits per heavy atom. The molecule has 1 fully saturated rings. The van der Waals surface area contributed by atoms with Gasteiger partial charge in [-0.3, -0.25) is 0 Å². The molecule has 2 nitrogen and oxygen atoms in total. The molecule has 0 atom stereocenters. The van der Waals surface area contributed by atoms with Crippen molar-refractivity contribution in [2.75, 3.05) is 0 Å². The standard InChI is InChI=1S/C24H30NO/c1-18-16-17-22-24(25-20-14-10-11-15-21(20)26-22)23(18)19-12-8-6-4-2-3-5-7-9-13-19/h10-11,14-17,19H,2-9,12-13H2,1H3. The van der Waals surface area contributed by atoms with Crippen LogP contribution in [0.3, 0.4) is 0 Å². The van der Waals surface area contributed by atoms with E-state index >= 15 is 0 Å². The van der Waals surface area contributed by atoms with Gasteiger partial charge in [-0.25, -0.2) is 5.32 Å². The summed E-state index contributed by atoms with van der Waals surface area (Å²) in [5.74, 6) is 2.41. The smallest absolute Gasteiger partial charge is 0.153 e. The van der Waals surface area contributed by atoms with Crippen LogP contribution in [-0.4, -0.2) is 0 Å². The minimum absolute atomic E-state index is 0.612. The molecule has 1 heterocycles. The molecule has 26 heavy (non-hydrogen) atoms. The minimum Gasteiger partial charge on any atom is -0.453 e. The van der Waals surface area contributed by atoms with Crippen LogP contribution in [0.25, 0.3) is 0 Å². The summed E-state index contributed by atoms with van der Waals surface area (Å²) in [6.07, 6.45) is 13.6. The van der Waals surface area contributed by atoms with Crippen LogP contribution in [-0.2, 0) is 0 Å². The van der Waals surface area contributed by atoms with Crippen LogP contribution in [0.4, 0.5) is 11.4 Å². The van der Waals surface area contributed by atoms with Gasteiger partial charge in [-0.1, -0.05) is 69.6 Å². The highest BCUT2D eigenvalue weighted by Crippen LogP contribution is 2.48. The van der Waals surface area contributed by atoms with Crippen molar-refractivity contribution in [3.63, 3.8) is 0 Å². The first-order valence-corrected chi connectivity index (χ1v) is 10.4. The van der Waals surface area contributed by atoms with Gasteiger partial charge in [0, 0.05) is 0 Å². The molecular formula is C24H30NO. The normalized spacial score (nSPS) is 18.7. The van der Waals surface area contributed by atoms with Crippen molar-refractivity contribution in [3.05, 3.63) is 47.5 Å². The third-order valence-electron chi connectivity index (χ3n) is 5.98. The van der Waals surface area contributed by atoms with E-state index in [1.165, 1.54) is 75.3 Å². The maximum atomic E-state index is 6.19. The second kappa shape index (κ2) is 8.16. The van der Waals surface area contributed by atoms with Gasteiger partial charge in [-0.2, -0.15) is 0 Å². The molecular weight excluding hydrogens is 318 g/mol. The van der Waals surface area contributed by atoms with E-state index < -0.39 is 0 Å². The van der Waals surface area contributed by atoms with Crippen molar-refractivity contribution in [1.29, 1.82) is 0 Å². The maximum absolute atomic E-state index is 6.19. The highest BCUT2D eigenvalue weighted by molar-refractivity contribution is 5.72. The monoisotopic (exact) mass is 348 g/mol. The molecule has 0 amide bonds. The largest absolute Gasteiger partial charge is 0.453 e. The highest BCUT2D eigenvalue weighted by Gasteiger charge is 2.26. The molecule has 2 heteroatoms. The summed E-state index contributed by atoms with van der Waals surface area (Å²) in [4.78, 5) is 0. The molecule has 2 aromatic carbocycles. The van der Waals surface area contributed by atoms with Crippen molar-refractivity contribution in [3.8, 4) is 11.5 Å². The minimum atomic E-state index is 0.612. The molecule has 2 aliphatic rings. The van der Waals surface area contributed by atoms with Gasteiger partial charge in [0.25, 0.3) is 0 Å². The maximum Gasteiger partial charge on any atom is 0.153 e. The van der Waals surface area contributed by atoms with Crippen LogP contribution in [0.1, 0.15) is 81.3 Å². The van der Waals surface area contributed by atoms with E-state index in [1.807, 2.05) is 18.2 Å². The lowest BCUT2D eigenvalue weighted by Gasteiger charge is -2.27. The third kappa shape index (κ3) is 3.75. The van der Waals surface area contributed by atoms with Crippen LogP contribution < -0.4 is 10.1 Å². The number of para-hydroxylation sites is 2. The van der Waals surface area contributed by atoms with Crippen LogP contribution in [0.5, 0.6) is 11.5 Å². The van der Waals surface area contributed by atoms with E-state index in [0.717, 1.165) is 22.9 Å². The fraction of sp³-hybridized carbons (Fsp3) is 0.500. The number of rotatable bonds is 1. The predicted octanol–water partition coefficient (Wildman–Crippen LogP) is 7.67. The van der Waals surface area contributed by atoms with Gasteiger partial charge in [0.2, 0.25) is 0 Å². The van der Waals surface area contributed by atoms with Crippen LogP contribution in [0.15, 0.2) is 36.4 Å². The molecule has 0 saturated heterocycles. The molecule has 4 rings (SSSR count). The Morgan fingerprint density at radius 1 is 0.769 bits per heavy atom. The van der Waals surface area contributed by atoms with Crippen molar-refractivity contribution in [1.82, 2.24) is 5.32 Å². The Kier molecular flexibility index (Phi) is 5.48. The number of aryl methyl sites for hydroxylation is 1. The van der Waals surface area contributed by atoms with Crippen molar-refractivity contribution in [2.24, 2.45) is 0 Å². The van der Waals surface area contributed by atoms with E-state index in [2.05, 4.69) is 25.1 Å². The lowest BCUT2D eigenvalue weighted by atomic mass is 9.84. The lowest BCUT2D eigenvalue weighted by molar-refractivity contribution is 0.464. The summed E-state index contributed by atoms with van der Waals surface area (Å²) in [6.45, 7) is 2.25. The van der Waals surface area contributed by atoms with Crippen molar-refractivity contribution >= 4 is 11.4 Å². The van der Waals surface area contributed by atoms with E-state index in [4.69, 9.17) is 10.1 Å². The molecule has 1 radical (unpaired) electrons. The molecule has 1 saturated carbocycles. The Labute approximate surface area is 158 Å². The SMILES string of the molecule is Cc1ccc2c(c1C1CCCCCCCCCC1)[N]c1ccccc1O2. The molecule has 0 aromatic heterocycles. The summed E-state index contributed by atoms with van der Waals surface area (Å²) in [5, 5.41) is 5.03. The molecule has 0 unspecified atom stereocenters. The van der Waals surface area contributed by atoms with Gasteiger partial charge in [0.15, 0.2) is 11.5 Å². The highest BCUT2D eigenvalue weighted by atomic mass is 16.5. The molecule has 0 N–H and O–H groups in total. The predicted molar refractivity (Wildman–Crippen MR) is 108 cm³/mol. The summed E-state index contributed by atoms with van der Waals surface area (Å²) in [5.41, 5.74) is 4.86. The molecule has 0 bridgehead atoms. The fourth-order valence-corrected chi connectivity index (χ4v) is 4.55. The van der Waals surface area contributed by atoms with Crippen LogP contribution in [0.2, 0.25) is 0 Å². The number of ether oxygens (including phenoxy) is 1. The number of fused-ring (bicyclic) bond motifs is 2. The van der Waals surface area contributed by atoms with Crippen molar-refractivity contribution in [2.45, 2.75) is 77.0 Å².